The van der Waals surface area contributed by atoms with Gasteiger partial charge in [-0.2, -0.15) is 5.10 Å². The van der Waals surface area contributed by atoms with Gasteiger partial charge in [-0.3, -0.25) is 4.79 Å². The lowest BCUT2D eigenvalue weighted by molar-refractivity contribution is 0.0951. The molecule has 1 aromatic heterocycles. The minimum absolute atomic E-state index is 0.161. The Balaban J connectivity index is 1.58. The van der Waals surface area contributed by atoms with Gasteiger partial charge in [0, 0.05) is 30.2 Å². The normalized spacial score (nSPS) is 10.2. The quantitative estimate of drug-likeness (QED) is 0.666. The predicted molar refractivity (Wildman–Crippen MR) is 94.4 cm³/mol. The van der Waals surface area contributed by atoms with Gasteiger partial charge >= 0.3 is 6.03 Å². The summed E-state index contributed by atoms with van der Waals surface area (Å²) in [7, 11) is 0. The van der Waals surface area contributed by atoms with Crippen molar-refractivity contribution in [3.8, 4) is 5.69 Å². The minimum atomic E-state index is -0.611. The van der Waals surface area contributed by atoms with Crippen molar-refractivity contribution >= 4 is 17.6 Å². The second-order valence-corrected chi connectivity index (χ2v) is 5.37. The fourth-order valence-corrected chi connectivity index (χ4v) is 2.32. The Morgan fingerprint density at radius 2 is 1.76 bits per heavy atom. The molecule has 25 heavy (non-hydrogen) atoms. The molecule has 0 fully saturated rings. The summed E-state index contributed by atoms with van der Waals surface area (Å²) in [4.78, 5) is 23.0. The van der Waals surface area contributed by atoms with Crippen LogP contribution in [0.25, 0.3) is 5.69 Å². The number of benzene rings is 2. The van der Waals surface area contributed by atoms with Crippen LogP contribution < -0.4 is 16.4 Å². The van der Waals surface area contributed by atoms with Gasteiger partial charge in [0.1, 0.15) is 0 Å². The van der Waals surface area contributed by atoms with Crippen LogP contribution in [0, 0.1) is 0 Å². The topological polar surface area (TPSA) is 102 Å². The molecule has 0 bridgehead atoms. The van der Waals surface area contributed by atoms with E-state index in [0.29, 0.717) is 17.8 Å². The van der Waals surface area contributed by atoms with Crippen molar-refractivity contribution in [3.63, 3.8) is 0 Å². The number of nitrogens with one attached hydrogen (secondary N) is 2. The van der Waals surface area contributed by atoms with Crippen molar-refractivity contribution in [2.45, 2.75) is 6.54 Å². The molecule has 3 rings (SSSR count). The van der Waals surface area contributed by atoms with E-state index in [2.05, 4.69) is 15.7 Å². The van der Waals surface area contributed by atoms with Crippen molar-refractivity contribution < 1.29 is 9.59 Å². The van der Waals surface area contributed by atoms with E-state index in [9.17, 15) is 9.59 Å². The zero-order valence-corrected chi connectivity index (χ0v) is 13.3. The monoisotopic (exact) mass is 335 g/mol. The fraction of sp³-hybridized carbons (Fsp3) is 0.0556. The molecule has 3 amide bonds. The third-order valence-electron chi connectivity index (χ3n) is 3.57. The van der Waals surface area contributed by atoms with Crippen LogP contribution >= 0.6 is 0 Å². The maximum Gasteiger partial charge on any atom is 0.316 e. The first-order valence-electron chi connectivity index (χ1n) is 7.65. The first-order chi connectivity index (χ1) is 12.1. The molecule has 0 aliphatic heterocycles. The van der Waals surface area contributed by atoms with E-state index in [0.717, 1.165) is 11.3 Å². The van der Waals surface area contributed by atoms with E-state index in [1.165, 1.54) is 0 Å². The number of primary amides is 1. The van der Waals surface area contributed by atoms with Gasteiger partial charge in [-0.15, -0.1) is 0 Å². The van der Waals surface area contributed by atoms with Crippen LogP contribution in [0.4, 0.5) is 10.5 Å². The van der Waals surface area contributed by atoms with Gasteiger partial charge in [0.2, 0.25) is 0 Å². The first-order valence-corrected chi connectivity index (χ1v) is 7.65. The maximum atomic E-state index is 12.2. The number of hydrogen-bond acceptors (Lipinski definition) is 3. The van der Waals surface area contributed by atoms with Crippen molar-refractivity contribution in [1.82, 2.24) is 15.1 Å². The lowest BCUT2D eigenvalue weighted by Gasteiger charge is -2.08. The smallest absolute Gasteiger partial charge is 0.316 e. The molecule has 0 aliphatic carbocycles. The zero-order chi connectivity index (χ0) is 17.6. The van der Waals surface area contributed by atoms with Crippen LogP contribution in [0.2, 0.25) is 0 Å². The number of aromatic nitrogens is 2. The van der Waals surface area contributed by atoms with Crippen molar-refractivity contribution in [1.29, 1.82) is 0 Å². The number of carbonyl (C=O) groups excluding carboxylic acids is 2. The fourth-order valence-electron chi connectivity index (χ4n) is 2.32. The largest absolute Gasteiger partial charge is 0.351 e. The van der Waals surface area contributed by atoms with Gasteiger partial charge in [0.15, 0.2) is 0 Å². The average molecular weight is 335 g/mol. The highest BCUT2D eigenvalue weighted by atomic mass is 16.2. The number of carbonyl (C=O) groups is 2. The molecule has 4 N–H and O–H groups in total. The van der Waals surface area contributed by atoms with Crippen molar-refractivity contribution in [3.05, 3.63) is 78.1 Å². The number of amides is 3. The lowest BCUT2D eigenvalue weighted by Crippen LogP contribution is -2.23. The summed E-state index contributed by atoms with van der Waals surface area (Å²) in [5, 5.41) is 9.48. The highest BCUT2D eigenvalue weighted by Gasteiger charge is 2.06. The summed E-state index contributed by atoms with van der Waals surface area (Å²) in [6.45, 7) is 0.386. The SMILES string of the molecule is NC(=O)Nc1ccc(CNC(=O)c2ccc(-n3cccn3)cc2)cc1. The molecule has 0 saturated heterocycles. The molecule has 3 aromatic rings. The molecule has 7 nitrogen and oxygen atoms in total. The molecule has 0 aliphatic rings. The Morgan fingerprint density at radius 3 is 2.36 bits per heavy atom. The highest BCUT2D eigenvalue weighted by molar-refractivity contribution is 5.94. The minimum Gasteiger partial charge on any atom is -0.351 e. The van der Waals surface area contributed by atoms with Crippen molar-refractivity contribution in [2.24, 2.45) is 5.73 Å². The molecule has 7 heteroatoms. The van der Waals surface area contributed by atoms with Crippen LogP contribution in [0.15, 0.2) is 67.0 Å². The third-order valence-corrected chi connectivity index (χ3v) is 3.57. The van der Waals surface area contributed by atoms with Crippen LogP contribution in [0.3, 0.4) is 0 Å². The van der Waals surface area contributed by atoms with Crippen LogP contribution in [0.1, 0.15) is 15.9 Å². The molecule has 0 saturated carbocycles. The molecule has 0 atom stereocenters. The van der Waals surface area contributed by atoms with Gasteiger partial charge in [-0.1, -0.05) is 12.1 Å². The molecular formula is C18H17N5O2. The van der Waals surface area contributed by atoms with Gasteiger partial charge in [0.05, 0.1) is 5.69 Å². The van der Waals surface area contributed by atoms with E-state index >= 15 is 0 Å². The number of anilines is 1. The average Bonchev–Trinajstić information content (AvgIpc) is 3.15. The number of hydrogen-bond donors (Lipinski definition) is 3. The summed E-state index contributed by atoms with van der Waals surface area (Å²) in [6, 6.07) is 15.5. The Kier molecular flexibility index (Phi) is 4.75. The second kappa shape index (κ2) is 7.31. The van der Waals surface area contributed by atoms with Gasteiger partial charge in [-0.05, 0) is 48.0 Å². The van der Waals surface area contributed by atoms with Crippen molar-refractivity contribution in [2.75, 3.05) is 5.32 Å². The molecule has 126 valence electrons. The zero-order valence-electron chi connectivity index (χ0n) is 13.3. The van der Waals surface area contributed by atoms with Crippen LogP contribution in [-0.2, 0) is 6.54 Å². The summed E-state index contributed by atoms with van der Waals surface area (Å²) in [5.74, 6) is -0.161. The van der Waals surface area contributed by atoms with Crippen LogP contribution in [0.5, 0.6) is 0 Å². The Bertz CT molecular complexity index is 855. The molecule has 2 aromatic carbocycles. The standard InChI is InChI=1S/C18H17N5O2/c19-18(25)22-15-6-2-13(3-7-15)12-20-17(24)14-4-8-16(9-5-14)23-11-1-10-21-23/h1-11H,12H2,(H,20,24)(H3,19,22,25). The van der Waals surface area contributed by atoms with E-state index < -0.39 is 6.03 Å². The number of nitrogens with two attached hydrogens (primary N) is 1. The summed E-state index contributed by atoms with van der Waals surface area (Å²) in [5.41, 5.74) is 8.04. The van der Waals surface area contributed by atoms with Gasteiger partial charge in [-0.25, -0.2) is 9.48 Å². The van der Waals surface area contributed by atoms with Gasteiger partial charge in [0.25, 0.3) is 5.91 Å². The van der Waals surface area contributed by atoms with E-state index in [-0.39, 0.29) is 5.91 Å². The number of rotatable bonds is 5. The summed E-state index contributed by atoms with van der Waals surface area (Å²) >= 11 is 0. The maximum absolute atomic E-state index is 12.2. The predicted octanol–water partition coefficient (Wildman–Crippen LogP) is 2.29. The first kappa shape index (κ1) is 16.3. The second-order valence-electron chi connectivity index (χ2n) is 5.37. The third kappa shape index (κ3) is 4.23. The molecule has 1 heterocycles. The number of nitrogens with zero attached hydrogens (tertiary/aromatic N) is 2. The van der Waals surface area contributed by atoms with E-state index in [1.807, 2.05) is 36.5 Å². The van der Waals surface area contributed by atoms with E-state index in [1.54, 1.807) is 35.1 Å². The van der Waals surface area contributed by atoms with E-state index in [4.69, 9.17) is 5.73 Å². The molecule has 0 radical (unpaired) electrons. The Hall–Kier alpha value is -3.61. The Morgan fingerprint density at radius 1 is 1.04 bits per heavy atom. The highest BCUT2D eigenvalue weighted by Crippen LogP contribution is 2.11. The summed E-state index contributed by atoms with van der Waals surface area (Å²) < 4.78 is 1.73. The summed E-state index contributed by atoms with van der Waals surface area (Å²) in [6.07, 6.45) is 3.54. The molecular weight excluding hydrogens is 318 g/mol. The lowest BCUT2D eigenvalue weighted by atomic mass is 10.1. The molecule has 0 spiro atoms. The van der Waals surface area contributed by atoms with Gasteiger partial charge < -0.3 is 16.4 Å². The number of urea groups is 1. The Labute approximate surface area is 144 Å². The van der Waals surface area contributed by atoms with Crippen LogP contribution in [-0.4, -0.2) is 21.7 Å². The molecule has 0 unspecified atom stereocenters.